The third-order valence-electron chi connectivity index (χ3n) is 17.9. The van der Waals surface area contributed by atoms with E-state index in [4.69, 9.17) is 46.2 Å². The number of nitrogens with zero attached hydrogens (tertiary/aromatic N) is 14. The molecule has 5 aliphatic heterocycles. The Morgan fingerprint density at radius 3 is 1.27 bits per heavy atom. The maximum absolute atomic E-state index is 12.6. The molecule has 0 spiro atoms. The number of H-pyrrole nitrogens is 3. The third-order valence-corrected chi connectivity index (χ3v) is 20.9. The minimum Gasteiger partial charge on any atom is -0.379 e. The number of halogens is 1. The average Bonchev–Trinajstić information content (AvgIpc) is 1.59. The number of aryl methyl sites for hydroxylation is 2. The van der Waals surface area contributed by atoms with Crippen LogP contribution in [0.4, 0.5) is 69.4 Å². The first kappa shape index (κ1) is 73.5. The Kier molecular flexibility index (Phi) is 23.8. The summed E-state index contributed by atoms with van der Waals surface area (Å²) in [7, 11) is 0. The number of hydrogen-bond donors (Lipinski definition) is 9. The van der Waals surface area contributed by atoms with E-state index < -0.39 is 0 Å². The van der Waals surface area contributed by atoms with Gasteiger partial charge in [0.25, 0.3) is 5.91 Å². The fourth-order valence-electron chi connectivity index (χ4n) is 11.6. The van der Waals surface area contributed by atoms with Gasteiger partial charge in [-0.3, -0.25) is 39.5 Å². The molecule has 11 heterocycles. The molecule has 27 nitrogen and oxygen atoms in total. The Morgan fingerprint density at radius 1 is 0.495 bits per heavy atom. The number of aromatic amines is 3. The molecule has 5 fully saturated rings. The zero-order valence-electron chi connectivity index (χ0n) is 59.7. The Morgan fingerprint density at radius 2 is 0.895 bits per heavy atom. The second-order valence-electron chi connectivity index (χ2n) is 27.0. The van der Waals surface area contributed by atoms with E-state index in [1.807, 2.05) is 137 Å². The van der Waals surface area contributed by atoms with Crippen molar-refractivity contribution in [2.24, 2.45) is 0 Å². The number of likely N-dealkylation sites (tertiary alicyclic amines) is 1. The maximum Gasteiger partial charge on any atom is 0.257 e. The Balaban J connectivity index is 0.000000225. The van der Waals surface area contributed by atoms with Crippen molar-refractivity contribution in [1.82, 2.24) is 70.3 Å². The van der Waals surface area contributed by atoms with E-state index in [0.29, 0.717) is 85.8 Å². The molecule has 0 aliphatic carbocycles. The quantitative estimate of drug-likeness (QED) is 0.0269. The lowest BCUT2D eigenvalue weighted by molar-refractivity contribution is -0.116. The molecule has 3 amide bonds. The molecule has 0 radical (unpaired) electrons. The zero-order chi connectivity index (χ0) is 73.0. The molecule has 10 aromatic rings. The molecule has 6 aromatic heterocycles. The van der Waals surface area contributed by atoms with Crippen molar-refractivity contribution in [2.45, 2.75) is 122 Å². The highest BCUT2D eigenvalue weighted by Crippen LogP contribution is 2.37. The number of anilines is 12. The summed E-state index contributed by atoms with van der Waals surface area (Å²) in [5.74, 6) is 6.72. The van der Waals surface area contributed by atoms with Crippen molar-refractivity contribution < 1.29 is 27.7 Å². The largest absolute Gasteiger partial charge is 0.379 e. The van der Waals surface area contributed by atoms with Gasteiger partial charge in [-0.05, 0) is 160 Å². The first-order valence-electron chi connectivity index (χ1n) is 35.2. The summed E-state index contributed by atoms with van der Waals surface area (Å²) in [4.78, 5) is 79.3. The van der Waals surface area contributed by atoms with Crippen LogP contribution in [0, 0.1) is 13.8 Å². The second kappa shape index (κ2) is 34.0. The highest BCUT2D eigenvalue weighted by Gasteiger charge is 2.36. The maximum atomic E-state index is 12.6. The van der Waals surface area contributed by atoms with Crippen LogP contribution in [-0.2, 0) is 19.7 Å². The molecular formula is C74H98ClN23O4S3. The van der Waals surface area contributed by atoms with Crippen molar-refractivity contribution in [3.05, 3.63) is 161 Å². The fraction of sp³-hybridized carbons (Fsp3) is 0.351. The Hall–Kier alpha value is -9.82. The van der Waals surface area contributed by atoms with E-state index in [2.05, 4.69) is 108 Å². The van der Waals surface area contributed by atoms with Crippen LogP contribution in [-0.4, -0.2) is 179 Å². The lowest BCUT2D eigenvalue weighted by Gasteiger charge is -2.49. The van der Waals surface area contributed by atoms with E-state index in [0.717, 1.165) is 138 Å². The SMILES string of the molecule is CC(C)(C)c1cc(Nc2cc(N3CCC3)nc(Sc3ccc(NC(=O)c4ccccc4Cl)cc3)n2)n[nH]1.CCC(=O)Nc1ccc(Sc2nc(Nc3cc(C)[nH]n3)cc(N3CC(N4CCC4)C3)n2)cc1.CCC(=O)Nc1ccc(Sc2nc(Nc3cc(C)[nH]n3)cc(N3CC(N4CCOCC4)C3)n2)cc1.[HH].[HH].[HH].[HH].[HH].[HH]. The van der Waals surface area contributed by atoms with Gasteiger partial charge in [-0.2, -0.15) is 15.3 Å². The molecule has 5 aliphatic rings. The van der Waals surface area contributed by atoms with Gasteiger partial charge in [0, 0.05) is 176 Å². The van der Waals surface area contributed by atoms with Gasteiger partial charge in [0.2, 0.25) is 11.8 Å². The number of carbonyl (C=O) groups excluding carboxylic acids is 3. The Bertz CT molecular complexity index is 4640. The topological polar surface area (TPSA) is 312 Å². The monoisotopic (exact) mass is 1500 g/mol. The van der Waals surface area contributed by atoms with Crippen LogP contribution in [0.25, 0.3) is 0 Å². The summed E-state index contributed by atoms with van der Waals surface area (Å²) in [5, 5.41) is 42.9. The number of hydrogen-bond acceptors (Lipinski definition) is 24. The average molecular weight is 1510 g/mol. The first-order chi connectivity index (χ1) is 50.8. The highest BCUT2D eigenvalue weighted by atomic mass is 35.5. The molecule has 15 rings (SSSR count). The van der Waals surface area contributed by atoms with Crippen LogP contribution < -0.4 is 46.6 Å². The standard InChI is InChI=1S/C27H28ClN7OS.C24H30N8O2S.C23H28N8OS.6H2/c1-27(2,3)21-15-23(34-33-21)30-22-16-24(35-13-6-14-35)32-26(31-22)37-18-11-9-17(10-12-18)29-25(36)19-7-4-5-8-20(19)28;1-3-23(33)25-17-4-6-19(7-5-17)35-24-27-20(26-21-12-16(2)29-30-21)13-22(28-24)32-14-18(15-32)31-8-10-34-11-9-31;1-3-22(32)24-16-5-7-18(8-6-16)33-23-26-19(25-20-11-15(2)28-29-20)12-21(27-23)31-13-17(14-31)30-9-4-10-30;;;;;;/h4-5,7-12,15-16H,6,13-14H2,1-3H3,(H,29,36)(H2,30,31,32,33,34);4-7,12-13,18H,3,8-11,14-15H2,1-2H3,(H,25,33)(H2,26,27,28,29,30);5-8,11-12,17H,3-4,9-10,13-14H2,1-2H3,(H,24,32)(H2,25,26,27,28,29);6*1H. The van der Waals surface area contributed by atoms with Crippen molar-refractivity contribution >= 4 is 134 Å². The summed E-state index contributed by atoms with van der Waals surface area (Å²) in [6, 6.07) is 43.0. The second-order valence-corrected chi connectivity index (χ2v) is 30.5. The lowest BCUT2D eigenvalue weighted by atomic mass is 9.92. The third kappa shape index (κ3) is 20.0. The van der Waals surface area contributed by atoms with Gasteiger partial charge in [-0.1, -0.05) is 58.4 Å². The molecule has 0 bridgehead atoms. The minimum absolute atomic E-state index is 0. The van der Waals surface area contributed by atoms with Gasteiger partial charge < -0.3 is 51.3 Å². The summed E-state index contributed by atoms with van der Waals surface area (Å²) in [6.45, 7) is 25.9. The zero-order valence-corrected chi connectivity index (χ0v) is 62.9. The number of amides is 3. The summed E-state index contributed by atoms with van der Waals surface area (Å²) >= 11 is 10.6. The van der Waals surface area contributed by atoms with Crippen molar-refractivity contribution in [3.8, 4) is 0 Å². The van der Waals surface area contributed by atoms with Gasteiger partial charge in [-0.15, -0.1) is 0 Å². The van der Waals surface area contributed by atoms with E-state index in [1.54, 1.807) is 24.3 Å². The number of benzene rings is 4. The van der Waals surface area contributed by atoms with Crippen molar-refractivity contribution in [3.63, 3.8) is 0 Å². The number of nitrogens with one attached hydrogen (secondary N) is 9. The van der Waals surface area contributed by atoms with Gasteiger partial charge in [0.15, 0.2) is 32.9 Å². The van der Waals surface area contributed by atoms with Crippen molar-refractivity contribution in [2.75, 3.05) is 125 Å². The number of carbonyl (C=O) groups is 3. The van der Waals surface area contributed by atoms with Gasteiger partial charge in [0.05, 0.1) is 23.8 Å². The minimum atomic E-state index is -0.250. The number of rotatable bonds is 23. The fourth-order valence-corrected chi connectivity index (χ4v) is 14.1. The van der Waals surface area contributed by atoms with Crippen LogP contribution >= 0.6 is 46.9 Å². The molecule has 5 saturated heterocycles. The molecule has 0 unspecified atom stereocenters. The van der Waals surface area contributed by atoms with Crippen LogP contribution in [0.15, 0.2) is 164 Å². The van der Waals surface area contributed by atoms with E-state index in [-0.39, 0.29) is 31.7 Å². The molecule has 9 N–H and O–H groups in total. The van der Waals surface area contributed by atoms with Gasteiger partial charge in [0.1, 0.15) is 34.9 Å². The molecule has 558 valence electrons. The van der Waals surface area contributed by atoms with Crippen LogP contribution in [0.3, 0.4) is 0 Å². The van der Waals surface area contributed by atoms with Gasteiger partial charge >= 0.3 is 0 Å². The smallest absolute Gasteiger partial charge is 0.257 e. The van der Waals surface area contributed by atoms with Crippen LogP contribution in [0.5, 0.6) is 0 Å². The number of morpholine rings is 1. The molecule has 0 saturated carbocycles. The molecule has 0 atom stereocenters. The van der Waals surface area contributed by atoms with E-state index in [9.17, 15) is 14.4 Å². The molecule has 4 aromatic carbocycles. The molecule has 105 heavy (non-hydrogen) atoms. The van der Waals surface area contributed by atoms with Gasteiger partial charge in [-0.25, -0.2) is 29.9 Å². The predicted octanol–water partition coefficient (Wildman–Crippen LogP) is 14.9. The highest BCUT2D eigenvalue weighted by molar-refractivity contribution is 7.99. The predicted molar refractivity (Wildman–Crippen MR) is 429 cm³/mol. The first-order valence-corrected chi connectivity index (χ1v) is 38.1. The molecule has 31 heteroatoms. The lowest BCUT2D eigenvalue weighted by Crippen LogP contribution is -2.63. The normalized spacial score (nSPS) is 15.3. The molecular weight excluding hydrogens is 1410 g/mol. The Labute approximate surface area is 636 Å². The van der Waals surface area contributed by atoms with E-state index >= 15 is 0 Å². The van der Waals surface area contributed by atoms with E-state index in [1.165, 1.54) is 54.8 Å². The summed E-state index contributed by atoms with van der Waals surface area (Å²) < 4.78 is 5.49. The van der Waals surface area contributed by atoms with Crippen LogP contribution in [0.1, 0.15) is 96.3 Å². The summed E-state index contributed by atoms with van der Waals surface area (Å²) in [5.41, 5.74) is 5.66. The van der Waals surface area contributed by atoms with Crippen LogP contribution in [0.2, 0.25) is 5.02 Å². The van der Waals surface area contributed by atoms with Crippen molar-refractivity contribution in [1.29, 1.82) is 0 Å². The number of aromatic nitrogens is 12. The number of ether oxygens (including phenoxy) is 1. The summed E-state index contributed by atoms with van der Waals surface area (Å²) in [6.07, 6.45) is 3.37.